The van der Waals surface area contributed by atoms with Crippen LogP contribution >= 0.6 is 23.2 Å². The first-order valence-electron chi connectivity index (χ1n) is 6.49. The fourth-order valence-electron chi connectivity index (χ4n) is 2.32. The van der Waals surface area contributed by atoms with Crippen molar-refractivity contribution in [2.75, 3.05) is 18.4 Å². The van der Waals surface area contributed by atoms with Gasteiger partial charge in [0.15, 0.2) is 0 Å². The van der Waals surface area contributed by atoms with Gasteiger partial charge in [0.2, 0.25) is 11.8 Å². The summed E-state index contributed by atoms with van der Waals surface area (Å²) in [5.41, 5.74) is 0.431. The van der Waals surface area contributed by atoms with E-state index in [-0.39, 0.29) is 17.7 Å². The van der Waals surface area contributed by atoms with Crippen molar-refractivity contribution in [2.24, 2.45) is 5.92 Å². The second-order valence-corrected chi connectivity index (χ2v) is 5.70. The molecule has 1 heterocycles. The lowest BCUT2D eigenvalue weighted by Gasteiger charge is -2.31. The van der Waals surface area contributed by atoms with E-state index in [2.05, 4.69) is 5.32 Å². The number of amides is 2. The molecule has 1 saturated heterocycles. The van der Waals surface area contributed by atoms with Gasteiger partial charge in [-0.2, -0.15) is 0 Å². The molecule has 2 amide bonds. The van der Waals surface area contributed by atoms with E-state index in [4.69, 9.17) is 23.2 Å². The van der Waals surface area contributed by atoms with Crippen LogP contribution in [0.1, 0.15) is 19.8 Å². The van der Waals surface area contributed by atoms with Crippen molar-refractivity contribution in [2.45, 2.75) is 19.8 Å². The average Bonchev–Trinajstić information content (AvgIpc) is 2.43. The first-order valence-corrected chi connectivity index (χ1v) is 7.25. The smallest absolute Gasteiger partial charge is 0.229 e. The molecule has 108 valence electrons. The Labute approximate surface area is 128 Å². The predicted molar refractivity (Wildman–Crippen MR) is 80.1 cm³/mol. The molecule has 0 spiro atoms. The maximum atomic E-state index is 12.3. The average molecular weight is 315 g/mol. The van der Waals surface area contributed by atoms with Crippen LogP contribution in [-0.2, 0) is 9.59 Å². The summed E-state index contributed by atoms with van der Waals surface area (Å²) in [7, 11) is 0. The van der Waals surface area contributed by atoms with Crippen molar-refractivity contribution in [1.82, 2.24) is 4.90 Å². The zero-order valence-electron chi connectivity index (χ0n) is 11.2. The second kappa shape index (κ2) is 6.46. The van der Waals surface area contributed by atoms with Crippen molar-refractivity contribution >= 4 is 40.7 Å². The molecule has 1 aromatic carbocycles. The van der Waals surface area contributed by atoms with E-state index in [1.165, 1.54) is 6.92 Å². The summed E-state index contributed by atoms with van der Waals surface area (Å²) in [6.45, 7) is 2.68. The number of anilines is 1. The summed E-state index contributed by atoms with van der Waals surface area (Å²) in [6, 6.07) is 5.07. The third-order valence-electron chi connectivity index (χ3n) is 3.45. The van der Waals surface area contributed by atoms with Gasteiger partial charge in [-0.25, -0.2) is 0 Å². The second-order valence-electron chi connectivity index (χ2n) is 4.89. The Hall–Kier alpha value is -1.26. The van der Waals surface area contributed by atoms with Gasteiger partial charge >= 0.3 is 0 Å². The van der Waals surface area contributed by atoms with Gasteiger partial charge < -0.3 is 10.2 Å². The first kappa shape index (κ1) is 15.1. The number of carbonyl (C=O) groups excluding carboxylic acids is 2. The quantitative estimate of drug-likeness (QED) is 0.911. The van der Waals surface area contributed by atoms with Gasteiger partial charge in [0, 0.05) is 20.0 Å². The van der Waals surface area contributed by atoms with Crippen LogP contribution in [-0.4, -0.2) is 29.8 Å². The third-order valence-corrected chi connectivity index (χ3v) is 4.08. The van der Waals surface area contributed by atoms with Crippen molar-refractivity contribution in [3.05, 3.63) is 28.2 Å². The summed E-state index contributed by atoms with van der Waals surface area (Å²) in [5.74, 6) is -0.371. The van der Waals surface area contributed by atoms with Crippen molar-refractivity contribution in [1.29, 1.82) is 0 Å². The van der Waals surface area contributed by atoms with E-state index < -0.39 is 0 Å². The summed E-state index contributed by atoms with van der Waals surface area (Å²) < 4.78 is 0. The highest BCUT2D eigenvalue weighted by Gasteiger charge is 2.27. The first-order chi connectivity index (χ1) is 9.49. The maximum absolute atomic E-state index is 12.3. The minimum atomic E-state index is -0.222. The monoisotopic (exact) mass is 314 g/mol. The largest absolute Gasteiger partial charge is 0.342 e. The molecule has 0 radical (unpaired) electrons. The molecule has 4 nitrogen and oxygen atoms in total. The van der Waals surface area contributed by atoms with E-state index in [0.29, 0.717) is 28.8 Å². The zero-order chi connectivity index (χ0) is 14.7. The number of nitrogens with one attached hydrogen (secondary N) is 1. The molecule has 0 bridgehead atoms. The molecule has 1 aliphatic heterocycles. The molecule has 6 heteroatoms. The van der Waals surface area contributed by atoms with Crippen LogP contribution in [0.25, 0.3) is 0 Å². The minimum absolute atomic E-state index is 0.00160. The highest BCUT2D eigenvalue weighted by Crippen LogP contribution is 2.30. The van der Waals surface area contributed by atoms with Crippen LogP contribution in [0.5, 0.6) is 0 Å². The van der Waals surface area contributed by atoms with Crippen LogP contribution in [0.3, 0.4) is 0 Å². The lowest BCUT2D eigenvalue weighted by atomic mass is 9.97. The maximum Gasteiger partial charge on any atom is 0.229 e. The minimum Gasteiger partial charge on any atom is -0.342 e. The Morgan fingerprint density at radius 2 is 1.95 bits per heavy atom. The fraction of sp³-hybridized carbons (Fsp3) is 0.429. The van der Waals surface area contributed by atoms with Gasteiger partial charge in [-0.1, -0.05) is 29.3 Å². The van der Waals surface area contributed by atoms with E-state index in [9.17, 15) is 9.59 Å². The van der Waals surface area contributed by atoms with Crippen LogP contribution in [0.15, 0.2) is 18.2 Å². The Morgan fingerprint density at radius 1 is 1.30 bits per heavy atom. The molecule has 1 fully saturated rings. The number of halogens is 2. The highest BCUT2D eigenvalue weighted by atomic mass is 35.5. The lowest BCUT2D eigenvalue weighted by molar-refractivity contribution is -0.132. The Morgan fingerprint density at radius 3 is 2.55 bits per heavy atom. The highest BCUT2D eigenvalue weighted by molar-refractivity contribution is 6.39. The number of hydrogen-bond donors (Lipinski definition) is 1. The van der Waals surface area contributed by atoms with Gasteiger partial charge in [0.25, 0.3) is 0 Å². The number of para-hydroxylation sites is 1. The number of rotatable bonds is 2. The summed E-state index contributed by atoms with van der Waals surface area (Å²) in [4.78, 5) is 25.4. The molecule has 1 aliphatic rings. The summed E-state index contributed by atoms with van der Waals surface area (Å²) in [6.07, 6.45) is 1.59. The number of piperidine rings is 1. The van der Waals surface area contributed by atoms with Gasteiger partial charge in [-0.05, 0) is 25.0 Å². The Bertz CT molecular complexity index is 514. The number of carbonyl (C=O) groups is 2. The number of likely N-dealkylation sites (tertiary alicyclic amines) is 1. The topological polar surface area (TPSA) is 49.4 Å². The van der Waals surface area contributed by atoms with E-state index in [1.54, 1.807) is 23.1 Å². The Balaban J connectivity index is 2.06. The fourth-order valence-corrected chi connectivity index (χ4v) is 2.81. The van der Waals surface area contributed by atoms with Gasteiger partial charge in [0.1, 0.15) is 0 Å². The summed E-state index contributed by atoms with van der Waals surface area (Å²) >= 11 is 12.1. The third kappa shape index (κ3) is 3.44. The predicted octanol–water partition coefficient (Wildman–Crippen LogP) is 3.19. The molecule has 0 aliphatic carbocycles. The van der Waals surface area contributed by atoms with E-state index in [1.807, 2.05) is 0 Å². The van der Waals surface area contributed by atoms with Crippen LogP contribution in [0.4, 0.5) is 5.69 Å². The van der Waals surface area contributed by atoms with Crippen molar-refractivity contribution in [3.8, 4) is 0 Å². The SMILES string of the molecule is CC(=O)N1CCCC(C(=O)Nc2c(Cl)cccc2Cl)C1. The normalized spacial score (nSPS) is 18.8. The van der Waals surface area contributed by atoms with Crippen LogP contribution in [0.2, 0.25) is 10.0 Å². The molecule has 2 rings (SSSR count). The van der Waals surface area contributed by atoms with Gasteiger partial charge in [-0.15, -0.1) is 0 Å². The molecule has 1 aromatic rings. The van der Waals surface area contributed by atoms with Gasteiger partial charge in [-0.3, -0.25) is 9.59 Å². The van der Waals surface area contributed by atoms with Crippen molar-refractivity contribution < 1.29 is 9.59 Å². The molecular formula is C14H16Cl2N2O2. The zero-order valence-corrected chi connectivity index (χ0v) is 12.7. The Kier molecular flexibility index (Phi) is 4.89. The molecule has 20 heavy (non-hydrogen) atoms. The molecule has 1 atom stereocenters. The van der Waals surface area contributed by atoms with Crippen LogP contribution in [0, 0.1) is 5.92 Å². The number of nitrogens with zero attached hydrogens (tertiary/aromatic N) is 1. The lowest BCUT2D eigenvalue weighted by Crippen LogP contribution is -2.42. The van der Waals surface area contributed by atoms with Gasteiger partial charge in [0.05, 0.1) is 21.7 Å². The molecule has 1 N–H and O–H groups in total. The molecule has 1 unspecified atom stereocenters. The van der Waals surface area contributed by atoms with Crippen molar-refractivity contribution in [3.63, 3.8) is 0 Å². The standard InChI is InChI=1S/C14H16Cl2N2O2/c1-9(19)18-7-3-4-10(8-18)14(20)17-13-11(15)5-2-6-12(13)16/h2,5-6,10H,3-4,7-8H2,1H3,(H,17,20). The van der Waals surface area contributed by atoms with Crippen LogP contribution < -0.4 is 5.32 Å². The molecule has 0 aromatic heterocycles. The van der Waals surface area contributed by atoms with E-state index >= 15 is 0 Å². The molecular weight excluding hydrogens is 299 g/mol. The number of benzene rings is 1. The number of hydrogen-bond acceptors (Lipinski definition) is 2. The van der Waals surface area contributed by atoms with E-state index in [0.717, 1.165) is 12.8 Å². The summed E-state index contributed by atoms with van der Waals surface area (Å²) in [5, 5.41) is 3.58. The molecule has 0 saturated carbocycles.